The highest BCUT2D eigenvalue weighted by Crippen LogP contribution is 2.41. The molecule has 0 saturated heterocycles. The summed E-state index contributed by atoms with van der Waals surface area (Å²) in [5.41, 5.74) is 3.45. The molecule has 3 unspecified atom stereocenters. The van der Waals surface area contributed by atoms with E-state index in [0.29, 0.717) is 17.2 Å². The SMILES string of the molecule is CCCCCC1C(N/C(C)=N\S(=O)c2cccc(C)c2)=C(C)CC1CC(=O)OC. The molecule has 0 bridgehead atoms. The Balaban J connectivity index is 2.14. The molecule has 0 saturated carbocycles. The van der Waals surface area contributed by atoms with E-state index in [4.69, 9.17) is 4.74 Å². The predicted molar refractivity (Wildman–Crippen MR) is 119 cm³/mol. The summed E-state index contributed by atoms with van der Waals surface area (Å²) in [6, 6.07) is 7.60. The third-order valence-corrected chi connectivity index (χ3v) is 6.57. The van der Waals surface area contributed by atoms with Crippen LogP contribution in [0.1, 0.15) is 64.9 Å². The summed E-state index contributed by atoms with van der Waals surface area (Å²) in [5.74, 6) is 1.00. The van der Waals surface area contributed by atoms with Crippen LogP contribution in [-0.2, 0) is 20.5 Å². The van der Waals surface area contributed by atoms with Gasteiger partial charge in [-0.1, -0.05) is 43.9 Å². The van der Waals surface area contributed by atoms with Crippen molar-refractivity contribution in [1.82, 2.24) is 5.32 Å². The molecule has 0 spiro atoms. The Kier molecular flexibility index (Phi) is 9.08. The third kappa shape index (κ3) is 6.81. The second-order valence-corrected chi connectivity index (χ2v) is 9.06. The molecule has 0 aromatic heterocycles. The second-order valence-electron chi connectivity index (χ2n) is 7.91. The van der Waals surface area contributed by atoms with Crippen LogP contribution in [0.3, 0.4) is 0 Å². The highest BCUT2D eigenvalue weighted by Gasteiger charge is 2.34. The van der Waals surface area contributed by atoms with Crippen molar-refractivity contribution in [3.63, 3.8) is 0 Å². The van der Waals surface area contributed by atoms with E-state index < -0.39 is 11.0 Å². The number of nitrogens with one attached hydrogen (secondary N) is 1. The molecule has 3 atom stereocenters. The standard InChI is InChI=1S/C23H34N2O3S/c1-6-7-8-12-21-19(15-22(26)28-5)14-17(3)23(21)24-18(4)25-29(27)20-11-9-10-16(2)13-20/h9-11,13,19,21H,6-8,12,14-15H2,1-5H3,(H,24,25). The molecule has 0 radical (unpaired) electrons. The average molecular weight is 419 g/mol. The van der Waals surface area contributed by atoms with Crippen LogP contribution in [0.4, 0.5) is 0 Å². The lowest BCUT2D eigenvalue weighted by molar-refractivity contribution is -0.142. The number of hydrogen-bond acceptors (Lipinski definition) is 3. The number of rotatable bonds is 9. The van der Waals surface area contributed by atoms with Gasteiger partial charge in [-0.15, -0.1) is 0 Å². The Hall–Kier alpha value is -1.95. The monoisotopic (exact) mass is 418 g/mol. The van der Waals surface area contributed by atoms with Gasteiger partial charge in [0.2, 0.25) is 0 Å². The Morgan fingerprint density at radius 1 is 1.31 bits per heavy atom. The van der Waals surface area contributed by atoms with E-state index in [1.54, 1.807) is 0 Å². The van der Waals surface area contributed by atoms with Crippen molar-refractivity contribution in [2.24, 2.45) is 16.2 Å². The molecule has 1 N–H and O–H groups in total. The lowest BCUT2D eigenvalue weighted by Crippen LogP contribution is -2.27. The van der Waals surface area contributed by atoms with Crippen molar-refractivity contribution in [3.05, 3.63) is 41.1 Å². The van der Waals surface area contributed by atoms with E-state index in [1.807, 2.05) is 38.1 Å². The summed E-state index contributed by atoms with van der Waals surface area (Å²) in [6.07, 6.45) is 5.81. The van der Waals surface area contributed by atoms with Crippen LogP contribution in [0.2, 0.25) is 0 Å². The number of esters is 1. The second kappa shape index (κ2) is 11.3. The summed E-state index contributed by atoms with van der Waals surface area (Å²) in [4.78, 5) is 12.6. The number of methoxy groups -OCH3 is 1. The number of amidine groups is 1. The Labute approximate surface area is 177 Å². The van der Waals surface area contributed by atoms with Gasteiger partial charge in [-0.2, -0.15) is 4.40 Å². The number of allylic oxidation sites excluding steroid dienone is 2. The fraction of sp³-hybridized carbons (Fsp3) is 0.565. The van der Waals surface area contributed by atoms with Crippen molar-refractivity contribution in [2.75, 3.05) is 7.11 Å². The van der Waals surface area contributed by atoms with Gasteiger partial charge in [-0.3, -0.25) is 4.79 Å². The first-order chi connectivity index (χ1) is 13.8. The molecular weight excluding hydrogens is 384 g/mol. The zero-order chi connectivity index (χ0) is 21.4. The predicted octanol–water partition coefficient (Wildman–Crippen LogP) is 5.08. The van der Waals surface area contributed by atoms with Crippen LogP contribution in [0.25, 0.3) is 0 Å². The summed E-state index contributed by atoms with van der Waals surface area (Å²) < 4.78 is 21.9. The van der Waals surface area contributed by atoms with Gasteiger partial charge in [0.15, 0.2) is 11.0 Å². The first-order valence-electron chi connectivity index (χ1n) is 10.4. The minimum atomic E-state index is -1.44. The molecule has 0 aliphatic heterocycles. The molecule has 1 aliphatic carbocycles. The van der Waals surface area contributed by atoms with Crippen molar-refractivity contribution >= 4 is 22.8 Å². The first kappa shape index (κ1) is 23.3. The van der Waals surface area contributed by atoms with Crippen molar-refractivity contribution in [2.45, 2.75) is 71.1 Å². The molecule has 0 fully saturated rings. The highest BCUT2D eigenvalue weighted by atomic mass is 32.2. The minimum Gasteiger partial charge on any atom is -0.469 e. The molecule has 5 nitrogen and oxygen atoms in total. The number of hydrogen-bond donors (Lipinski definition) is 1. The van der Waals surface area contributed by atoms with Crippen LogP contribution in [0, 0.1) is 18.8 Å². The van der Waals surface area contributed by atoms with Crippen molar-refractivity contribution < 1.29 is 13.7 Å². The number of carbonyl (C=O) groups excluding carboxylic acids is 1. The lowest BCUT2D eigenvalue weighted by atomic mass is 9.86. The maximum atomic E-state index is 12.6. The number of aryl methyl sites for hydroxylation is 1. The molecule has 6 heteroatoms. The zero-order valence-electron chi connectivity index (χ0n) is 18.3. The molecule has 29 heavy (non-hydrogen) atoms. The molecule has 1 aromatic carbocycles. The van der Waals surface area contributed by atoms with Gasteiger partial charge >= 0.3 is 5.97 Å². The van der Waals surface area contributed by atoms with E-state index in [1.165, 1.54) is 19.1 Å². The summed E-state index contributed by atoms with van der Waals surface area (Å²) >= 11 is 0. The smallest absolute Gasteiger partial charge is 0.305 e. The topological polar surface area (TPSA) is 67.8 Å². The molecule has 2 rings (SSSR count). The van der Waals surface area contributed by atoms with Crippen molar-refractivity contribution in [1.29, 1.82) is 0 Å². The van der Waals surface area contributed by atoms with Crippen LogP contribution in [0.15, 0.2) is 44.8 Å². The summed E-state index contributed by atoms with van der Waals surface area (Å²) in [5, 5.41) is 3.43. The summed E-state index contributed by atoms with van der Waals surface area (Å²) in [6.45, 7) is 8.13. The van der Waals surface area contributed by atoms with Gasteiger partial charge in [0.25, 0.3) is 0 Å². The minimum absolute atomic E-state index is 0.157. The van der Waals surface area contributed by atoms with Gasteiger partial charge in [0.1, 0.15) is 5.84 Å². The molecule has 1 aromatic rings. The van der Waals surface area contributed by atoms with Gasteiger partial charge < -0.3 is 10.1 Å². The first-order valence-corrected chi connectivity index (χ1v) is 11.5. The van der Waals surface area contributed by atoms with Crippen LogP contribution in [0.5, 0.6) is 0 Å². The van der Waals surface area contributed by atoms with E-state index in [2.05, 4.69) is 23.6 Å². The van der Waals surface area contributed by atoms with Gasteiger partial charge in [-0.25, -0.2) is 4.21 Å². The normalized spacial score (nSPS) is 20.7. The maximum Gasteiger partial charge on any atom is 0.305 e. The van der Waals surface area contributed by atoms with Crippen LogP contribution in [-0.4, -0.2) is 23.1 Å². The van der Waals surface area contributed by atoms with Crippen LogP contribution < -0.4 is 5.32 Å². The number of unbranched alkanes of at least 4 members (excludes halogenated alkanes) is 2. The lowest BCUT2D eigenvalue weighted by Gasteiger charge is -2.23. The van der Waals surface area contributed by atoms with E-state index in [-0.39, 0.29) is 17.8 Å². The number of nitrogens with zero attached hydrogens (tertiary/aromatic N) is 1. The number of ether oxygens (including phenoxy) is 1. The van der Waals surface area contributed by atoms with Gasteiger partial charge in [0.05, 0.1) is 12.0 Å². The van der Waals surface area contributed by atoms with E-state index in [9.17, 15) is 9.00 Å². The number of carbonyl (C=O) groups is 1. The largest absolute Gasteiger partial charge is 0.469 e. The average Bonchev–Trinajstić information content (AvgIpc) is 2.96. The van der Waals surface area contributed by atoms with Gasteiger partial charge in [0, 0.05) is 18.0 Å². The number of benzene rings is 1. The fourth-order valence-corrected chi connectivity index (χ4v) is 4.90. The molecule has 0 heterocycles. The quantitative estimate of drug-likeness (QED) is 0.263. The zero-order valence-corrected chi connectivity index (χ0v) is 19.1. The Bertz CT molecular complexity index is 801. The van der Waals surface area contributed by atoms with Crippen LogP contribution >= 0.6 is 0 Å². The van der Waals surface area contributed by atoms with E-state index in [0.717, 1.165) is 36.9 Å². The molecular formula is C23H34N2O3S. The van der Waals surface area contributed by atoms with Gasteiger partial charge in [-0.05, 0) is 57.2 Å². The maximum absolute atomic E-state index is 12.6. The van der Waals surface area contributed by atoms with E-state index >= 15 is 0 Å². The Morgan fingerprint density at radius 3 is 2.72 bits per heavy atom. The molecule has 1 aliphatic rings. The molecule has 160 valence electrons. The van der Waals surface area contributed by atoms with Crippen molar-refractivity contribution in [3.8, 4) is 0 Å². The summed E-state index contributed by atoms with van der Waals surface area (Å²) in [7, 11) is 0.00112. The third-order valence-electron chi connectivity index (χ3n) is 5.47. The Morgan fingerprint density at radius 2 is 2.07 bits per heavy atom. The highest BCUT2D eigenvalue weighted by molar-refractivity contribution is 7.83. The molecule has 0 amide bonds. The fourth-order valence-electron chi connectivity index (χ4n) is 4.02.